The molecule has 0 aliphatic heterocycles. The Morgan fingerprint density at radius 3 is 2.50 bits per heavy atom. The van der Waals surface area contributed by atoms with Crippen molar-refractivity contribution in [1.29, 1.82) is 0 Å². The van der Waals surface area contributed by atoms with Gasteiger partial charge in [0.2, 0.25) is 0 Å². The van der Waals surface area contributed by atoms with E-state index in [1.165, 1.54) is 10.9 Å². The van der Waals surface area contributed by atoms with Crippen LogP contribution in [0.3, 0.4) is 0 Å². The van der Waals surface area contributed by atoms with Crippen molar-refractivity contribution in [3.63, 3.8) is 0 Å². The molecule has 0 aliphatic carbocycles. The van der Waals surface area contributed by atoms with Gasteiger partial charge in [0.1, 0.15) is 11.9 Å². The molecule has 1 heterocycles. The average molecular weight is 253 g/mol. The second kappa shape index (κ2) is 5.10. The van der Waals surface area contributed by atoms with E-state index >= 15 is 0 Å². The number of carbonyl (C=O) groups excluding carboxylic acids is 1. The number of nitrogens with zero attached hydrogens (tertiary/aromatic N) is 2. The Morgan fingerprint density at radius 1 is 1.39 bits per heavy atom. The number of rotatable bonds is 3. The van der Waals surface area contributed by atoms with Gasteiger partial charge in [-0.15, -0.1) is 0 Å². The third-order valence-electron chi connectivity index (χ3n) is 2.65. The van der Waals surface area contributed by atoms with Crippen molar-refractivity contribution < 1.29 is 9.53 Å². The molecule has 5 heteroatoms. The minimum absolute atomic E-state index is 0.137. The Hall–Kier alpha value is -1.36. The maximum Gasteiger partial charge on any atom is 0.419 e. The normalized spacial score (nSPS) is 12.6. The highest BCUT2D eigenvalue weighted by Gasteiger charge is 2.24. The summed E-state index contributed by atoms with van der Waals surface area (Å²) < 4.78 is 6.64. The molecule has 5 nitrogen and oxygen atoms in total. The van der Waals surface area contributed by atoms with Crippen LogP contribution in [-0.2, 0) is 10.2 Å². The van der Waals surface area contributed by atoms with Crippen LogP contribution in [0.2, 0.25) is 0 Å². The van der Waals surface area contributed by atoms with Gasteiger partial charge < -0.3 is 10.5 Å². The summed E-state index contributed by atoms with van der Waals surface area (Å²) >= 11 is 0. The number of ether oxygens (including phenoxy) is 1. The van der Waals surface area contributed by atoms with Crippen LogP contribution in [0, 0.1) is 0 Å². The highest BCUT2D eigenvalue weighted by Crippen LogP contribution is 2.24. The number of imidazole rings is 1. The summed E-state index contributed by atoms with van der Waals surface area (Å²) in [4.78, 5) is 16.1. The maximum absolute atomic E-state index is 11.8. The molecule has 0 bridgehead atoms. The van der Waals surface area contributed by atoms with Crippen LogP contribution in [0.25, 0.3) is 0 Å². The molecule has 18 heavy (non-hydrogen) atoms. The van der Waals surface area contributed by atoms with Crippen molar-refractivity contribution in [2.75, 3.05) is 6.54 Å². The lowest BCUT2D eigenvalue weighted by molar-refractivity contribution is 0.0536. The average Bonchev–Trinajstić information content (AvgIpc) is 2.63. The van der Waals surface area contributed by atoms with Gasteiger partial charge in [0.25, 0.3) is 0 Å². The van der Waals surface area contributed by atoms with Gasteiger partial charge in [0, 0.05) is 11.6 Å². The van der Waals surface area contributed by atoms with E-state index in [1.807, 2.05) is 20.8 Å². The number of hydrogen-bond acceptors (Lipinski definition) is 4. The van der Waals surface area contributed by atoms with E-state index in [9.17, 15) is 4.79 Å². The lowest BCUT2D eigenvalue weighted by Crippen LogP contribution is -2.26. The minimum atomic E-state index is -0.506. The fraction of sp³-hybridized carbons (Fsp3) is 0.692. The number of hydrogen-bond donors (Lipinski definition) is 1. The van der Waals surface area contributed by atoms with Crippen molar-refractivity contribution in [2.24, 2.45) is 5.73 Å². The highest BCUT2D eigenvalue weighted by atomic mass is 16.6. The highest BCUT2D eigenvalue weighted by molar-refractivity contribution is 5.70. The van der Waals surface area contributed by atoms with Gasteiger partial charge in [-0.1, -0.05) is 13.8 Å². The molecule has 2 N–H and O–H groups in total. The first kappa shape index (κ1) is 14.7. The van der Waals surface area contributed by atoms with Crippen LogP contribution in [0.15, 0.2) is 12.5 Å². The van der Waals surface area contributed by atoms with Crippen LogP contribution < -0.4 is 5.73 Å². The van der Waals surface area contributed by atoms with Gasteiger partial charge in [0.15, 0.2) is 0 Å². The van der Waals surface area contributed by atoms with Crippen LogP contribution in [-0.4, -0.2) is 27.8 Å². The predicted octanol–water partition coefficient (Wildman–Crippen LogP) is 2.29. The Bertz CT molecular complexity index is 416. The summed E-state index contributed by atoms with van der Waals surface area (Å²) in [6.45, 7) is 10.2. The third kappa shape index (κ3) is 3.84. The standard InChI is InChI=1S/C13H23N3O2/c1-12(2,3)18-11(17)16-8-10(15-9-16)13(4,5)6-7-14/h8-9H,6-7,14H2,1-5H3. The lowest BCUT2D eigenvalue weighted by atomic mass is 9.86. The first-order chi connectivity index (χ1) is 8.15. The zero-order chi connectivity index (χ0) is 14.0. The molecule has 0 unspecified atom stereocenters. The molecule has 0 amide bonds. The molecular weight excluding hydrogens is 230 g/mol. The third-order valence-corrected chi connectivity index (χ3v) is 2.65. The Kier molecular flexibility index (Phi) is 4.16. The molecule has 1 rings (SSSR count). The van der Waals surface area contributed by atoms with Gasteiger partial charge in [0.05, 0.1) is 5.69 Å². The van der Waals surface area contributed by atoms with E-state index in [-0.39, 0.29) is 5.41 Å². The topological polar surface area (TPSA) is 70.1 Å². The fourth-order valence-corrected chi connectivity index (χ4v) is 1.58. The quantitative estimate of drug-likeness (QED) is 0.897. The van der Waals surface area contributed by atoms with Crippen LogP contribution in [0.1, 0.15) is 46.7 Å². The van der Waals surface area contributed by atoms with Gasteiger partial charge in [-0.05, 0) is 33.7 Å². The van der Waals surface area contributed by atoms with Crippen LogP contribution >= 0.6 is 0 Å². The zero-order valence-electron chi connectivity index (χ0n) is 11.9. The monoisotopic (exact) mass is 253 g/mol. The molecule has 1 aromatic heterocycles. The van der Waals surface area contributed by atoms with Crippen molar-refractivity contribution in [3.8, 4) is 0 Å². The van der Waals surface area contributed by atoms with Gasteiger partial charge in [-0.2, -0.15) is 0 Å². The lowest BCUT2D eigenvalue weighted by Gasteiger charge is -2.21. The number of nitrogens with two attached hydrogens (primary N) is 1. The first-order valence-electron chi connectivity index (χ1n) is 6.13. The molecule has 0 fully saturated rings. The first-order valence-corrected chi connectivity index (χ1v) is 6.13. The van der Waals surface area contributed by atoms with E-state index in [4.69, 9.17) is 10.5 Å². The van der Waals surface area contributed by atoms with Crippen molar-refractivity contribution in [1.82, 2.24) is 9.55 Å². The summed E-state index contributed by atoms with van der Waals surface area (Å²) in [6, 6.07) is 0. The van der Waals surface area contributed by atoms with Crippen molar-refractivity contribution in [3.05, 3.63) is 18.2 Å². The summed E-state index contributed by atoms with van der Waals surface area (Å²) in [5, 5.41) is 0. The Balaban J connectivity index is 2.84. The SMILES string of the molecule is CC(C)(C)OC(=O)n1cnc(C(C)(C)CCN)c1. The molecule has 1 aromatic rings. The maximum atomic E-state index is 11.8. The predicted molar refractivity (Wildman–Crippen MR) is 70.6 cm³/mol. The van der Waals surface area contributed by atoms with Crippen molar-refractivity contribution >= 4 is 6.09 Å². The van der Waals surface area contributed by atoms with E-state index < -0.39 is 11.7 Å². The van der Waals surface area contributed by atoms with E-state index in [1.54, 1.807) is 6.20 Å². The number of carbonyl (C=O) groups is 1. The molecule has 0 aromatic carbocycles. The summed E-state index contributed by atoms with van der Waals surface area (Å²) in [5.74, 6) is 0. The molecule has 0 atom stereocenters. The zero-order valence-corrected chi connectivity index (χ0v) is 11.9. The molecule has 102 valence electrons. The second-order valence-corrected chi connectivity index (χ2v) is 6.07. The Morgan fingerprint density at radius 2 is 2.00 bits per heavy atom. The molecule has 0 saturated carbocycles. The molecule has 0 radical (unpaired) electrons. The molecule has 0 saturated heterocycles. The van der Waals surface area contributed by atoms with Crippen LogP contribution in [0.5, 0.6) is 0 Å². The largest absolute Gasteiger partial charge is 0.443 e. The smallest absolute Gasteiger partial charge is 0.419 e. The molecular formula is C13H23N3O2. The summed E-state index contributed by atoms with van der Waals surface area (Å²) in [6.07, 6.45) is 3.61. The van der Waals surface area contributed by atoms with E-state index in [0.717, 1.165) is 12.1 Å². The summed E-state index contributed by atoms with van der Waals surface area (Å²) in [5.41, 5.74) is 5.78. The van der Waals surface area contributed by atoms with E-state index in [2.05, 4.69) is 18.8 Å². The minimum Gasteiger partial charge on any atom is -0.443 e. The number of aromatic nitrogens is 2. The molecule has 0 spiro atoms. The van der Waals surface area contributed by atoms with E-state index in [0.29, 0.717) is 6.54 Å². The Labute approximate surface area is 108 Å². The van der Waals surface area contributed by atoms with Gasteiger partial charge in [-0.25, -0.2) is 14.3 Å². The van der Waals surface area contributed by atoms with Gasteiger partial charge >= 0.3 is 6.09 Å². The second-order valence-electron chi connectivity index (χ2n) is 6.07. The van der Waals surface area contributed by atoms with Gasteiger partial charge in [-0.3, -0.25) is 0 Å². The van der Waals surface area contributed by atoms with Crippen molar-refractivity contribution in [2.45, 2.75) is 52.1 Å². The summed E-state index contributed by atoms with van der Waals surface area (Å²) in [7, 11) is 0. The fourth-order valence-electron chi connectivity index (χ4n) is 1.58. The van der Waals surface area contributed by atoms with Crippen LogP contribution in [0.4, 0.5) is 4.79 Å². The molecule has 0 aliphatic rings.